The summed E-state index contributed by atoms with van der Waals surface area (Å²) in [5.74, 6) is 1.48. The number of carbonyl (C=O) groups is 1. The number of hydrogen-bond donors (Lipinski definition) is 1. The Morgan fingerprint density at radius 2 is 1.89 bits per heavy atom. The number of amides is 1. The molecule has 144 valence electrons. The van der Waals surface area contributed by atoms with Crippen LogP contribution in [-0.4, -0.2) is 17.6 Å². The molecule has 1 heterocycles. The highest BCUT2D eigenvalue weighted by atomic mass is 16.5. The van der Waals surface area contributed by atoms with Crippen LogP contribution < -0.4 is 14.8 Å². The molecule has 4 heteroatoms. The molecule has 0 fully saturated rings. The van der Waals surface area contributed by atoms with Crippen molar-refractivity contribution >= 4 is 5.91 Å². The lowest BCUT2D eigenvalue weighted by molar-refractivity contribution is -0.129. The predicted molar refractivity (Wildman–Crippen MR) is 107 cm³/mol. The Morgan fingerprint density at radius 1 is 1.22 bits per heavy atom. The van der Waals surface area contributed by atoms with E-state index in [1.54, 1.807) is 0 Å². The van der Waals surface area contributed by atoms with Gasteiger partial charge in [-0.05, 0) is 63.4 Å². The van der Waals surface area contributed by atoms with E-state index >= 15 is 0 Å². The van der Waals surface area contributed by atoms with Crippen molar-refractivity contribution in [3.63, 3.8) is 0 Å². The van der Waals surface area contributed by atoms with Crippen LogP contribution in [0.5, 0.6) is 11.5 Å². The minimum absolute atomic E-state index is 0.0886. The molecular weight excluding hydrogens is 338 g/mol. The third kappa shape index (κ3) is 4.62. The number of benzene rings is 2. The van der Waals surface area contributed by atoms with Crippen molar-refractivity contribution in [1.29, 1.82) is 0 Å². The topological polar surface area (TPSA) is 47.6 Å². The second-order valence-electron chi connectivity index (χ2n) is 8.00. The van der Waals surface area contributed by atoms with E-state index in [4.69, 9.17) is 9.47 Å². The van der Waals surface area contributed by atoms with E-state index in [9.17, 15) is 4.79 Å². The number of carbonyl (C=O) groups excluding carboxylic acids is 1. The second-order valence-corrected chi connectivity index (χ2v) is 8.00. The third-order valence-corrected chi connectivity index (χ3v) is 4.83. The summed E-state index contributed by atoms with van der Waals surface area (Å²) in [7, 11) is 0. The first-order chi connectivity index (χ1) is 12.8. The van der Waals surface area contributed by atoms with Crippen LogP contribution in [0.15, 0.2) is 42.5 Å². The summed E-state index contributed by atoms with van der Waals surface area (Å²) in [6, 6.07) is 13.8. The zero-order valence-corrected chi connectivity index (χ0v) is 16.8. The van der Waals surface area contributed by atoms with E-state index in [1.165, 1.54) is 0 Å². The summed E-state index contributed by atoms with van der Waals surface area (Å²) in [5.41, 5.74) is 2.94. The summed E-state index contributed by atoms with van der Waals surface area (Å²) < 4.78 is 12.1. The number of hydrogen-bond acceptors (Lipinski definition) is 3. The smallest absolute Gasteiger partial charge is 0.261 e. The number of nitrogens with one attached hydrogen (secondary N) is 1. The zero-order valence-electron chi connectivity index (χ0n) is 16.8. The van der Waals surface area contributed by atoms with E-state index in [1.807, 2.05) is 71.0 Å². The number of para-hydroxylation sites is 1. The highest BCUT2D eigenvalue weighted by Gasteiger charge is 2.35. The zero-order chi connectivity index (χ0) is 19.6. The van der Waals surface area contributed by atoms with E-state index in [-0.39, 0.29) is 17.6 Å². The van der Waals surface area contributed by atoms with Crippen molar-refractivity contribution in [2.24, 2.45) is 0 Å². The quantitative estimate of drug-likeness (QED) is 0.819. The lowest BCUT2D eigenvalue weighted by Gasteiger charge is -2.38. The van der Waals surface area contributed by atoms with Gasteiger partial charge in [0.1, 0.15) is 17.1 Å². The van der Waals surface area contributed by atoms with Crippen molar-refractivity contribution in [3.05, 3.63) is 59.2 Å². The predicted octanol–water partition coefficient (Wildman–Crippen LogP) is 4.88. The van der Waals surface area contributed by atoms with Crippen molar-refractivity contribution in [3.8, 4) is 11.5 Å². The van der Waals surface area contributed by atoms with Gasteiger partial charge >= 0.3 is 0 Å². The molecule has 1 aliphatic rings. The number of aryl methyl sites for hydroxylation is 2. The van der Waals surface area contributed by atoms with Gasteiger partial charge in [0.05, 0.1) is 6.04 Å². The molecule has 0 aromatic heterocycles. The monoisotopic (exact) mass is 367 g/mol. The summed E-state index contributed by atoms with van der Waals surface area (Å²) in [4.78, 5) is 13.0. The Morgan fingerprint density at radius 3 is 2.56 bits per heavy atom. The molecule has 0 radical (unpaired) electrons. The molecule has 1 aliphatic heterocycles. The summed E-state index contributed by atoms with van der Waals surface area (Å²) in [6.45, 7) is 10.1. The highest BCUT2D eigenvalue weighted by Crippen LogP contribution is 2.39. The number of ether oxygens (including phenoxy) is 2. The summed E-state index contributed by atoms with van der Waals surface area (Å²) in [5, 5.41) is 3.19. The first kappa shape index (κ1) is 19.3. The lowest BCUT2D eigenvalue weighted by atomic mass is 9.89. The summed E-state index contributed by atoms with van der Waals surface area (Å²) in [6.07, 6.45) is 0.798. The molecule has 2 aromatic carbocycles. The van der Waals surface area contributed by atoms with Crippen molar-refractivity contribution in [2.45, 2.75) is 65.2 Å². The van der Waals surface area contributed by atoms with Gasteiger partial charge in [0.15, 0.2) is 6.10 Å². The fourth-order valence-electron chi connectivity index (χ4n) is 3.68. The number of rotatable bonds is 5. The Labute approximate surface area is 161 Å². The summed E-state index contributed by atoms with van der Waals surface area (Å²) >= 11 is 0. The molecule has 2 atom stereocenters. The minimum atomic E-state index is -0.524. The Hall–Kier alpha value is -2.49. The van der Waals surface area contributed by atoms with Crippen LogP contribution in [-0.2, 0) is 4.79 Å². The van der Waals surface area contributed by atoms with Crippen molar-refractivity contribution < 1.29 is 14.3 Å². The highest BCUT2D eigenvalue weighted by molar-refractivity contribution is 5.81. The van der Waals surface area contributed by atoms with Crippen LogP contribution in [0.1, 0.15) is 56.3 Å². The van der Waals surface area contributed by atoms with Gasteiger partial charge in [-0.25, -0.2) is 0 Å². The van der Waals surface area contributed by atoms with Crippen molar-refractivity contribution in [1.82, 2.24) is 5.32 Å². The van der Waals surface area contributed by atoms with Gasteiger partial charge in [0, 0.05) is 12.0 Å². The fourth-order valence-corrected chi connectivity index (χ4v) is 3.68. The maximum atomic E-state index is 13.0. The van der Waals surface area contributed by atoms with Crippen LogP contribution in [0.3, 0.4) is 0 Å². The van der Waals surface area contributed by atoms with Gasteiger partial charge in [-0.15, -0.1) is 0 Å². The molecular formula is C23H29NO3. The SMILES string of the molecule is CC[C@@H](Oc1cc(C)cc(C)c1)C(=O)N[C@@H]1CC(C)(C)Oc2ccccc21. The van der Waals surface area contributed by atoms with Gasteiger partial charge in [-0.2, -0.15) is 0 Å². The first-order valence-electron chi connectivity index (χ1n) is 9.60. The average molecular weight is 367 g/mol. The van der Waals surface area contributed by atoms with E-state index < -0.39 is 6.10 Å². The molecule has 27 heavy (non-hydrogen) atoms. The molecule has 1 N–H and O–H groups in total. The van der Waals surface area contributed by atoms with Crippen LogP contribution in [0.2, 0.25) is 0 Å². The Kier molecular flexibility index (Phi) is 5.45. The largest absolute Gasteiger partial charge is 0.487 e. The molecule has 2 aromatic rings. The molecule has 0 aliphatic carbocycles. The van der Waals surface area contributed by atoms with Crippen LogP contribution in [0.25, 0.3) is 0 Å². The van der Waals surface area contributed by atoms with E-state index in [2.05, 4.69) is 11.4 Å². The normalized spacial score (nSPS) is 18.8. The van der Waals surface area contributed by atoms with Gasteiger partial charge in [-0.3, -0.25) is 4.79 Å². The molecule has 3 rings (SSSR count). The van der Waals surface area contributed by atoms with Gasteiger partial charge < -0.3 is 14.8 Å². The molecule has 0 spiro atoms. The van der Waals surface area contributed by atoms with Gasteiger partial charge in [0.25, 0.3) is 5.91 Å². The van der Waals surface area contributed by atoms with Crippen LogP contribution >= 0.6 is 0 Å². The first-order valence-corrected chi connectivity index (χ1v) is 9.60. The standard InChI is InChI=1S/C23H29NO3/c1-6-20(26-17-12-15(2)11-16(3)13-17)22(25)24-19-14-23(4,5)27-21-10-8-7-9-18(19)21/h7-13,19-20H,6,14H2,1-5H3,(H,24,25)/t19-,20-/m1/s1. The number of fused-ring (bicyclic) bond motifs is 1. The Bertz CT molecular complexity index is 808. The van der Waals surface area contributed by atoms with E-state index in [0.717, 1.165) is 34.6 Å². The van der Waals surface area contributed by atoms with Gasteiger partial charge in [0.2, 0.25) is 0 Å². The molecule has 0 saturated heterocycles. The molecule has 0 bridgehead atoms. The van der Waals surface area contributed by atoms with Crippen LogP contribution in [0, 0.1) is 13.8 Å². The average Bonchev–Trinajstić information content (AvgIpc) is 2.57. The molecule has 4 nitrogen and oxygen atoms in total. The molecule has 1 amide bonds. The third-order valence-electron chi connectivity index (χ3n) is 4.83. The van der Waals surface area contributed by atoms with E-state index in [0.29, 0.717) is 6.42 Å². The van der Waals surface area contributed by atoms with Crippen molar-refractivity contribution in [2.75, 3.05) is 0 Å². The molecule has 0 unspecified atom stereocenters. The Balaban J connectivity index is 1.76. The minimum Gasteiger partial charge on any atom is -0.487 e. The maximum Gasteiger partial charge on any atom is 0.261 e. The fraction of sp³-hybridized carbons (Fsp3) is 0.435. The maximum absolute atomic E-state index is 13.0. The van der Waals surface area contributed by atoms with Gasteiger partial charge in [-0.1, -0.05) is 31.2 Å². The lowest BCUT2D eigenvalue weighted by Crippen LogP contribution is -2.45. The van der Waals surface area contributed by atoms with Crippen LogP contribution in [0.4, 0.5) is 0 Å². The molecule has 0 saturated carbocycles. The second kappa shape index (κ2) is 7.63.